The predicted octanol–water partition coefficient (Wildman–Crippen LogP) is 3.08. The van der Waals surface area contributed by atoms with Crippen LogP contribution in [0.5, 0.6) is 0 Å². The Morgan fingerprint density at radius 3 is 2.55 bits per heavy atom. The highest BCUT2D eigenvalue weighted by molar-refractivity contribution is 5.16. The maximum absolute atomic E-state index is 3.85. The standard InChI is InChI=1S/C18H28N2/c1-20-14-18(16-10-6-3-7-11-16)19-13-17(20)12-15-8-4-2-5-9-15/h2,4-5,8-9,16-19H,3,6-7,10-14H2,1H3. The third-order valence-electron chi connectivity index (χ3n) is 5.26. The molecule has 1 aromatic carbocycles. The van der Waals surface area contributed by atoms with E-state index in [2.05, 4.69) is 47.6 Å². The summed E-state index contributed by atoms with van der Waals surface area (Å²) < 4.78 is 0. The molecular formula is C18H28N2. The lowest BCUT2D eigenvalue weighted by atomic mass is 9.82. The van der Waals surface area contributed by atoms with Gasteiger partial charge in [0, 0.05) is 25.2 Å². The fraction of sp³-hybridized carbons (Fsp3) is 0.667. The van der Waals surface area contributed by atoms with E-state index in [1.165, 1.54) is 50.6 Å². The molecule has 0 radical (unpaired) electrons. The average molecular weight is 272 g/mol. The van der Waals surface area contributed by atoms with Gasteiger partial charge in [-0.2, -0.15) is 0 Å². The second-order valence-electron chi connectivity index (χ2n) is 6.70. The van der Waals surface area contributed by atoms with Gasteiger partial charge in [-0.25, -0.2) is 0 Å². The molecule has 1 saturated carbocycles. The summed E-state index contributed by atoms with van der Waals surface area (Å²) in [5.41, 5.74) is 1.46. The van der Waals surface area contributed by atoms with E-state index in [-0.39, 0.29) is 0 Å². The highest BCUT2D eigenvalue weighted by Gasteiger charge is 2.30. The fourth-order valence-corrected chi connectivity index (χ4v) is 3.93. The number of hydrogen-bond donors (Lipinski definition) is 1. The van der Waals surface area contributed by atoms with Crippen LogP contribution in [0.25, 0.3) is 0 Å². The molecule has 2 heteroatoms. The van der Waals surface area contributed by atoms with Crippen molar-refractivity contribution in [3.05, 3.63) is 35.9 Å². The van der Waals surface area contributed by atoms with Crippen LogP contribution >= 0.6 is 0 Å². The molecule has 2 fully saturated rings. The fourth-order valence-electron chi connectivity index (χ4n) is 3.93. The molecule has 1 aliphatic carbocycles. The predicted molar refractivity (Wildman–Crippen MR) is 84.9 cm³/mol. The molecule has 1 heterocycles. The molecule has 2 nitrogen and oxygen atoms in total. The molecule has 3 rings (SSSR count). The summed E-state index contributed by atoms with van der Waals surface area (Å²) in [6.45, 7) is 2.37. The summed E-state index contributed by atoms with van der Waals surface area (Å²) in [4.78, 5) is 2.59. The van der Waals surface area contributed by atoms with Crippen LogP contribution in [0, 0.1) is 5.92 Å². The smallest absolute Gasteiger partial charge is 0.0258 e. The van der Waals surface area contributed by atoms with E-state index < -0.39 is 0 Å². The van der Waals surface area contributed by atoms with E-state index in [0.717, 1.165) is 18.5 Å². The third kappa shape index (κ3) is 3.42. The number of hydrogen-bond acceptors (Lipinski definition) is 2. The number of likely N-dealkylation sites (N-methyl/N-ethyl adjacent to an activating group) is 1. The zero-order valence-electron chi connectivity index (χ0n) is 12.7. The van der Waals surface area contributed by atoms with Crippen molar-refractivity contribution in [2.24, 2.45) is 5.92 Å². The first-order valence-electron chi connectivity index (χ1n) is 8.30. The molecular weight excluding hydrogens is 244 g/mol. The zero-order valence-corrected chi connectivity index (χ0v) is 12.7. The molecule has 20 heavy (non-hydrogen) atoms. The van der Waals surface area contributed by atoms with Crippen LogP contribution in [0.2, 0.25) is 0 Å². The SMILES string of the molecule is CN1CC(C2CCCCC2)NCC1Cc1ccccc1. The second-order valence-corrected chi connectivity index (χ2v) is 6.70. The average Bonchev–Trinajstić information content (AvgIpc) is 2.51. The molecule has 1 aliphatic heterocycles. The summed E-state index contributed by atoms with van der Waals surface area (Å²) in [5.74, 6) is 0.920. The van der Waals surface area contributed by atoms with Crippen LogP contribution in [0.3, 0.4) is 0 Å². The van der Waals surface area contributed by atoms with E-state index in [1.54, 1.807) is 0 Å². The first kappa shape index (κ1) is 14.1. The van der Waals surface area contributed by atoms with Gasteiger partial charge in [-0.1, -0.05) is 49.6 Å². The molecule has 0 bridgehead atoms. The Balaban J connectivity index is 1.54. The molecule has 0 aromatic heterocycles. The van der Waals surface area contributed by atoms with Crippen molar-refractivity contribution in [2.45, 2.75) is 50.6 Å². The van der Waals surface area contributed by atoms with Gasteiger partial charge in [-0.3, -0.25) is 0 Å². The van der Waals surface area contributed by atoms with Crippen molar-refractivity contribution in [1.82, 2.24) is 10.2 Å². The molecule has 1 N–H and O–H groups in total. The lowest BCUT2D eigenvalue weighted by Gasteiger charge is -2.42. The van der Waals surface area contributed by atoms with Gasteiger partial charge in [0.25, 0.3) is 0 Å². The Labute approximate surface area is 123 Å². The Morgan fingerprint density at radius 1 is 1.10 bits per heavy atom. The first-order valence-corrected chi connectivity index (χ1v) is 8.30. The molecule has 0 spiro atoms. The van der Waals surface area contributed by atoms with E-state index in [9.17, 15) is 0 Å². The number of benzene rings is 1. The minimum absolute atomic E-state index is 0.650. The van der Waals surface area contributed by atoms with E-state index in [1.807, 2.05) is 0 Å². The normalized spacial score (nSPS) is 29.4. The van der Waals surface area contributed by atoms with E-state index >= 15 is 0 Å². The molecule has 0 amide bonds. The highest BCUT2D eigenvalue weighted by Crippen LogP contribution is 2.28. The van der Waals surface area contributed by atoms with Gasteiger partial charge in [0.1, 0.15) is 0 Å². The molecule has 1 saturated heterocycles. The van der Waals surface area contributed by atoms with Gasteiger partial charge >= 0.3 is 0 Å². The Hall–Kier alpha value is -0.860. The highest BCUT2D eigenvalue weighted by atomic mass is 15.2. The summed E-state index contributed by atoms with van der Waals surface area (Å²) in [5, 5.41) is 3.85. The Kier molecular flexibility index (Phi) is 4.74. The lowest BCUT2D eigenvalue weighted by Crippen LogP contribution is -2.58. The van der Waals surface area contributed by atoms with Gasteiger partial charge in [-0.15, -0.1) is 0 Å². The van der Waals surface area contributed by atoms with Crippen LogP contribution in [-0.2, 0) is 6.42 Å². The zero-order chi connectivity index (χ0) is 13.8. The topological polar surface area (TPSA) is 15.3 Å². The maximum atomic E-state index is 3.85. The number of nitrogens with one attached hydrogen (secondary N) is 1. The van der Waals surface area contributed by atoms with Crippen LogP contribution in [0.4, 0.5) is 0 Å². The summed E-state index contributed by atoms with van der Waals surface area (Å²) in [6, 6.07) is 12.3. The maximum Gasteiger partial charge on any atom is 0.0258 e. The van der Waals surface area contributed by atoms with E-state index in [0.29, 0.717) is 6.04 Å². The van der Waals surface area contributed by atoms with Crippen LogP contribution in [0.1, 0.15) is 37.7 Å². The minimum atomic E-state index is 0.650. The summed E-state index contributed by atoms with van der Waals surface area (Å²) in [7, 11) is 2.31. The Morgan fingerprint density at radius 2 is 1.85 bits per heavy atom. The molecule has 2 atom stereocenters. The van der Waals surface area contributed by atoms with Gasteiger partial charge < -0.3 is 10.2 Å². The quantitative estimate of drug-likeness (QED) is 0.909. The summed E-state index contributed by atoms with van der Waals surface area (Å²) >= 11 is 0. The second kappa shape index (κ2) is 6.73. The van der Waals surface area contributed by atoms with Gasteiger partial charge in [-0.05, 0) is 37.8 Å². The van der Waals surface area contributed by atoms with Gasteiger partial charge in [0.2, 0.25) is 0 Å². The van der Waals surface area contributed by atoms with Crippen molar-refractivity contribution < 1.29 is 0 Å². The van der Waals surface area contributed by atoms with Crippen molar-refractivity contribution in [1.29, 1.82) is 0 Å². The monoisotopic (exact) mass is 272 g/mol. The number of nitrogens with zero attached hydrogens (tertiary/aromatic N) is 1. The molecule has 110 valence electrons. The molecule has 2 aliphatic rings. The molecule has 2 unspecified atom stereocenters. The lowest BCUT2D eigenvalue weighted by molar-refractivity contribution is 0.119. The minimum Gasteiger partial charge on any atom is -0.311 e. The van der Waals surface area contributed by atoms with Crippen LogP contribution in [0.15, 0.2) is 30.3 Å². The van der Waals surface area contributed by atoms with Crippen molar-refractivity contribution >= 4 is 0 Å². The molecule has 1 aromatic rings. The number of piperazine rings is 1. The van der Waals surface area contributed by atoms with E-state index in [4.69, 9.17) is 0 Å². The number of rotatable bonds is 3. The Bertz CT molecular complexity index is 397. The van der Waals surface area contributed by atoms with Gasteiger partial charge in [0.15, 0.2) is 0 Å². The summed E-state index contributed by atoms with van der Waals surface area (Å²) in [6.07, 6.45) is 8.39. The van der Waals surface area contributed by atoms with Crippen LogP contribution < -0.4 is 5.32 Å². The largest absolute Gasteiger partial charge is 0.311 e. The van der Waals surface area contributed by atoms with Gasteiger partial charge in [0.05, 0.1) is 0 Å². The van der Waals surface area contributed by atoms with Crippen molar-refractivity contribution in [2.75, 3.05) is 20.1 Å². The van der Waals surface area contributed by atoms with Crippen molar-refractivity contribution in [3.8, 4) is 0 Å². The third-order valence-corrected chi connectivity index (χ3v) is 5.26. The van der Waals surface area contributed by atoms with Crippen molar-refractivity contribution in [3.63, 3.8) is 0 Å². The van der Waals surface area contributed by atoms with Crippen LogP contribution in [-0.4, -0.2) is 37.1 Å². The first-order chi connectivity index (χ1) is 9.83.